The first-order valence-corrected chi connectivity index (χ1v) is 6.29. The van der Waals surface area contributed by atoms with Crippen molar-refractivity contribution in [3.63, 3.8) is 0 Å². The summed E-state index contributed by atoms with van der Waals surface area (Å²) in [5.74, 6) is 1.77. The van der Waals surface area contributed by atoms with Crippen LogP contribution in [-0.4, -0.2) is 19.7 Å². The van der Waals surface area contributed by atoms with Gasteiger partial charge in [-0.25, -0.2) is 0 Å². The zero-order valence-electron chi connectivity index (χ0n) is 9.83. The van der Waals surface area contributed by atoms with Crippen LogP contribution in [0, 0.1) is 0 Å². The Labute approximate surface area is 97.0 Å². The lowest BCUT2D eigenvalue weighted by Crippen LogP contribution is -2.42. The Morgan fingerprint density at radius 3 is 3.12 bits per heavy atom. The fourth-order valence-electron chi connectivity index (χ4n) is 3.32. The smallest absolute Gasteiger partial charge is 0.122 e. The highest BCUT2D eigenvalue weighted by Gasteiger charge is 2.33. The number of hydrogen-bond acceptors (Lipinski definition) is 2. The van der Waals surface area contributed by atoms with Gasteiger partial charge < -0.3 is 10.1 Å². The van der Waals surface area contributed by atoms with Crippen LogP contribution in [0.15, 0.2) is 18.2 Å². The fourth-order valence-corrected chi connectivity index (χ4v) is 3.32. The Morgan fingerprint density at radius 1 is 1.31 bits per heavy atom. The van der Waals surface area contributed by atoms with E-state index in [1.807, 2.05) is 0 Å². The molecule has 0 saturated carbocycles. The van der Waals surface area contributed by atoms with Crippen molar-refractivity contribution >= 4 is 0 Å². The number of ether oxygens (including phenoxy) is 1. The molecule has 2 aliphatic rings. The van der Waals surface area contributed by atoms with Crippen molar-refractivity contribution in [2.75, 3.05) is 13.7 Å². The van der Waals surface area contributed by atoms with Crippen LogP contribution in [0.3, 0.4) is 0 Å². The normalized spacial score (nSPS) is 28.1. The zero-order chi connectivity index (χ0) is 11.0. The molecule has 0 bridgehead atoms. The van der Waals surface area contributed by atoms with Crippen molar-refractivity contribution < 1.29 is 4.74 Å². The number of benzene rings is 1. The van der Waals surface area contributed by atoms with Crippen LogP contribution in [0.4, 0.5) is 0 Å². The summed E-state index contributed by atoms with van der Waals surface area (Å²) in [6.07, 6.45) is 5.08. The molecule has 1 saturated heterocycles. The lowest BCUT2D eigenvalue weighted by molar-refractivity contribution is 0.307. The van der Waals surface area contributed by atoms with E-state index < -0.39 is 0 Å². The molecule has 1 aliphatic heterocycles. The maximum Gasteiger partial charge on any atom is 0.122 e. The van der Waals surface area contributed by atoms with Crippen molar-refractivity contribution in [3.05, 3.63) is 29.3 Å². The first kappa shape index (κ1) is 10.2. The molecule has 1 aromatic rings. The monoisotopic (exact) mass is 217 g/mol. The number of piperidine rings is 1. The molecule has 2 nitrogen and oxygen atoms in total. The van der Waals surface area contributed by atoms with Crippen LogP contribution < -0.4 is 10.1 Å². The number of nitrogens with one attached hydrogen (secondary N) is 1. The van der Waals surface area contributed by atoms with E-state index in [0.29, 0.717) is 12.0 Å². The van der Waals surface area contributed by atoms with Crippen molar-refractivity contribution in [3.8, 4) is 5.75 Å². The molecule has 1 fully saturated rings. The third-order valence-corrected chi connectivity index (χ3v) is 4.06. The number of aryl methyl sites for hydroxylation is 1. The third-order valence-electron chi connectivity index (χ3n) is 4.06. The van der Waals surface area contributed by atoms with Gasteiger partial charge in [0.15, 0.2) is 0 Å². The molecule has 1 N–H and O–H groups in total. The Bertz CT molecular complexity index is 374. The predicted molar refractivity (Wildman–Crippen MR) is 65.1 cm³/mol. The molecule has 1 aromatic carbocycles. The number of fused-ring (bicyclic) bond motifs is 3. The summed E-state index contributed by atoms with van der Waals surface area (Å²) < 4.78 is 5.53. The van der Waals surface area contributed by atoms with Crippen LogP contribution in [0.1, 0.15) is 36.3 Å². The van der Waals surface area contributed by atoms with E-state index in [-0.39, 0.29) is 0 Å². The third kappa shape index (κ3) is 1.52. The summed E-state index contributed by atoms with van der Waals surface area (Å²) in [7, 11) is 1.79. The van der Waals surface area contributed by atoms with Crippen LogP contribution in [0.2, 0.25) is 0 Å². The fraction of sp³-hybridized carbons (Fsp3) is 0.571. The summed E-state index contributed by atoms with van der Waals surface area (Å²) >= 11 is 0. The van der Waals surface area contributed by atoms with E-state index in [2.05, 4.69) is 23.5 Å². The Morgan fingerprint density at radius 2 is 2.25 bits per heavy atom. The van der Waals surface area contributed by atoms with Gasteiger partial charge in [-0.2, -0.15) is 0 Å². The van der Waals surface area contributed by atoms with Gasteiger partial charge in [0.1, 0.15) is 5.75 Å². The van der Waals surface area contributed by atoms with E-state index >= 15 is 0 Å². The molecule has 0 spiro atoms. The molecule has 2 atom stereocenters. The van der Waals surface area contributed by atoms with Gasteiger partial charge in [0.25, 0.3) is 0 Å². The highest BCUT2D eigenvalue weighted by atomic mass is 16.5. The average Bonchev–Trinajstić information content (AvgIpc) is 2.37. The molecular weight excluding hydrogens is 198 g/mol. The second kappa shape index (κ2) is 4.10. The standard InChI is InChI=1S/C14H19NO/c1-16-13-6-2-4-10-7-8-12-11(14(10)13)5-3-9-15-12/h2,4,6,11-12,15H,3,5,7-9H2,1H3/t11-,12+/m0/s1. The van der Waals surface area contributed by atoms with E-state index in [1.165, 1.54) is 43.4 Å². The van der Waals surface area contributed by atoms with Crippen molar-refractivity contribution in [2.24, 2.45) is 0 Å². The molecule has 0 amide bonds. The van der Waals surface area contributed by atoms with Gasteiger partial charge in [-0.1, -0.05) is 12.1 Å². The maximum atomic E-state index is 5.53. The van der Waals surface area contributed by atoms with Crippen molar-refractivity contribution in [2.45, 2.75) is 37.6 Å². The summed E-state index contributed by atoms with van der Waals surface area (Å²) in [6, 6.07) is 7.17. The zero-order valence-corrected chi connectivity index (χ0v) is 9.83. The van der Waals surface area contributed by atoms with Crippen LogP contribution in [-0.2, 0) is 6.42 Å². The molecule has 16 heavy (non-hydrogen) atoms. The van der Waals surface area contributed by atoms with E-state index in [4.69, 9.17) is 4.74 Å². The molecule has 0 radical (unpaired) electrons. The van der Waals surface area contributed by atoms with Gasteiger partial charge in [0.2, 0.25) is 0 Å². The molecule has 86 valence electrons. The van der Waals surface area contributed by atoms with Gasteiger partial charge in [0, 0.05) is 17.5 Å². The first-order valence-electron chi connectivity index (χ1n) is 6.29. The molecule has 3 rings (SSSR count). The Balaban J connectivity index is 2.05. The largest absolute Gasteiger partial charge is 0.496 e. The Kier molecular flexibility index (Phi) is 2.60. The number of methoxy groups -OCH3 is 1. The van der Waals surface area contributed by atoms with Crippen LogP contribution in [0.5, 0.6) is 5.75 Å². The molecule has 0 unspecified atom stereocenters. The lowest BCUT2D eigenvalue weighted by atomic mass is 9.75. The number of rotatable bonds is 1. The summed E-state index contributed by atoms with van der Waals surface area (Å²) in [6.45, 7) is 1.19. The highest BCUT2D eigenvalue weighted by molar-refractivity contribution is 5.45. The molecule has 1 aliphatic carbocycles. The summed E-state index contributed by atoms with van der Waals surface area (Å²) in [5, 5.41) is 3.66. The summed E-state index contributed by atoms with van der Waals surface area (Å²) in [5.41, 5.74) is 2.98. The minimum absolute atomic E-state index is 0.675. The first-order chi connectivity index (χ1) is 7.90. The van der Waals surface area contributed by atoms with Crippen molar-refractivity contribution in [1.82, 2.24) is 5.32 Å². The quantitative estimate of drug-likeness (QED) is 0.780. The van der Waals surface area contributed by atoms with Gasteiger partial charge in [-0.05, 0) is 43.9 Å². The molecular formula is C14H19NO. The van der Waals surface area contributed by atoms with Crippen LogP contribution in [0.25, 0.3) is 0 Å². The molecule has 0 aromatic heterocycles. The minimum Gasteiger partial charge on any atom is -0.496 e. The van der Waals surface area contributed by atoms with Crippen molar-refractivity contribution in [1.29, 1.82) is 0 Å². The van der Waals surface area contributed by atoms with E-state index in [0.717, 1.165) is 5.75 Å². The summed E-state index contributed by atoms with van der Waals surface area (Å²) in [4.78, 5) is 0. The van der Waals surface area contributed by atoms with Crippen LogP contribution >= 0.6 is 0 Å². The van der Waals surface area contributed by atoms with Gasteiger partial charge in [0.05, 0.1) is 7.11 Å². The Hall–Kier alpha value is -1.02. The SMILES string of the molecule is COc1cccc2c1[C@H]1CCCN[C@@H]1CC2. The molecule has 2 heteroatoms. The minimum atomic E-state index is 0.675. The highest BCUT2D eigenvalue weighted by Crippen LogP contribution is 2.41. The predicted octanol–water partition coefficient (Wildman–Crippen LogP) is 2.48. The average molecular weight is 217 g/mol. The second-order valence-electron chi connectivity index (χ2n) is 4.88. The van der Waals surface area contributed by atoms with Gasteiger partial charge >= 0.3 is 0 Å². The molecule has 1 heterocycles. The van der Waals surface area contributed by atoms with E-state index in [9.17, 15) is 0 Å². The van der Waals surface area contributed by atoms with Gasteiger partial charge in [-0.3, -0.25) is 0 Å². The second-order valence-corrected chi connectivity index (χ2v) is 4.88. The maximum absolute atomic E-state index is 5.53. The number of hydrogen-bond donors (Lipinski definition) is 1. The topological polar surface area (TPSA) is 21.3 Å². The van der Waals surface area contributed by atoms with E-state index in [1.54, 1.807) is 7.11 Å². The lowest BCUT2D eigenvalue weighted by Gasteiger charge is -2.38. The van der Waals surface area contributed by atoms with Gasteiger partial charge in [-0.15, -0.1) is 0 Å².